The van der Waals surface area contributed by atoms with E-state index in [1.165, 1.54) is 22.2 Å². The zero-order valence-electron chi connectivity index (χ0n) is 17.6. The molecule has 0 spiro atoms. The summed E-state index contributed by atoms with van der Waals surface area (Å²) >= 11 is 1.32. The Bertz CT molecular complexity index is 1030. The van der Waals surface area contributed by atoms with Crippen LogP contribution in [-0.4, -0.2) is 48.4 Å². The third-order valence-electron chi connectivity index (χ3n) is 4.80. The Balaban J connectivity index is 1.65. The number of quaternary nitrogens is 1. The second-order valence-corrected chi connectivity index (χ2v) is 8.50. The fourth-order valence-corrected chi connectivity index (χ4v) is 4.07. The molecule has 0 saturated carbocycles. The number of nitrogens with one attached hydrogen (secondary N) is 2. The number of thioether (sulfide) groups is 1. The summed E-state index contributed by atoms with van der Waals surface area (Å²) in [7, 11) is 4.19. The Labute approximate surface area is 181 Å². The van der Waals surface area contributed by atoms with Crippen LogP contribution in [0.3, 0.4) is 0 Å². The van der Waals surface area contributed by atoms with Crippen molar-refractivity contribution in [3.63, 3.8) is 0 Å². The zero-order valence-corrected chi connectivity index (χ0v) is 18.4. The minimum Gasteiger partial charge on any atom is -0.355 e. The first-order valence-corrected chi connectivity index (χ1v) is 11.2. The van der Waals surface area contributed by atoms with Gasteiger partial charge < -0.3 is 10.2 Å². The summed E-state index contributed by atoms with van der Waals surface area (Å²) in [5.74, 6) is 0.181. The van der Waals surface area contributed by atoms with Crippen molar-refractivity contribution in [2.75, 3.05) is 32.9 Å². The van der Waals surface area contributed by atoms with Crippen LogP contribution in [0.4, 0.5) is 0 Å². The fourth-order valence-electron chi connectivity index (χ4n) is 3.22. The van der Waals surface area contributed by atoms with Gasteiger partial charge >= 0.3 is 0 Å². The van der Waals surface area contributed by atoms with Crippen LogP contribution < -0.4 is 15.8 Å². The Kier molecular flexibility index (Phi) is 8.04. The molecule has 1 aromatic heterocycles. The topological polar surface area (TPSA) is 68.4 Å². The summed E-state index contributed by atoms with van der Waals surface area (Å²) in [4.78, 5) is 31.3. The van der Waals surface area contributed by atoms with E-state index in [1.807, 2.05) is 54.6 Å². The molecule has 2 aromatic carbocycles. The van der Waals surface area contributed by atoms with Gasteiger partial charge in [0.25, 0.3) is 5.56 Å². The average Bonchev–Trinajstić information content (AvgIpc) is 2.74. The Morgan fingerprint density at radius 2 is 1.83 bits per heavy atom. The lowest BCUT2D eigenvalue weighted by molar-refractivity contribution is -0.858. The first-order valence-electron chi connectivity index (χ1n) is 10.3. The van der Waals surface area contributed by atoms with Crippen molar-refractivity contribution in [2.45, 2.75) is 24.5 Å². The van der Waals surface area contributed by atoms with Crippen LogP contribution in [0, 0.1) is 0 Å². The molecule has 0 aliphatic carbocycles. The van der Waals surface area contributed by atoms with Crippen LogP contribution in [-0.2, 0) is 17.8 Å². The molecular weight excluding hydrogens is 396 g/mol. The molecule has 0 radical (unpaired) electrons. The van der Waals surface area contributed by atoms with Gasteiger partial charge in [0.2, 0.25) is 5.91 Å². The minimum atomic E-state index is -0.0531. The molecule has 1 amide bonds. The average molecular weight is 426 g/mol. The summed E-state index contributed by atoms with van der Waals surface area (Å²) in [6.07, 6.45) is 1.67. The van der Waals surface area contributed by atoms with Crippen LogP contribution in [0.1, 0.15) is 12.0 Å². The maximum absolute atomic E-state index is 13.0. The van der Waals surface area contributed by atoms with Crippen molar-refractivity contribution in [1.82, 2.24) is 14.9 Å². The van der Waals surface area contributed by atoms with E-state index in [1.54, 1.807) is 4.57 Å². The third kappa shape index (κ3) is 6.18. The quantitative estimate of drug-likeness (QED) is 0.380. The van der Waals surface area contributed by atoms with Crippen molar-refractivity contribution in [1.29, 1.82) is 0 Å². The van der Waals surface area contributed by atoms with Gasteiger partial charge in [0.05, 0.1) is 37.3 Å². The molecule has 7 heteroatoms. The third-order valence-corrected chi connectivity index (χ3v) is 5.77. The number of carbonyl (C=O) groups is 1. The molecule has 158 valence electrons. The molecule has 0 atom stereocenters. The summed E-state index contributed by atoms with van der Waals surface area (Å²) in [5.41, 5.74) is 1.82. The van der Waals surface area contributed by atoms with E-state index in [2.05, 4.69) is 24.4 Å². The van der Waals surface area contributed by atoms with Gasteiger partial charge in [-0.15, -0.1) is 0 Å². The number of nitrogens with zero attached hydrogens (tertiary/aromatic N) is 2. The van der Waals surface area contributed by atoms with Gasteiger partial charge in [-0.3, -0.25) is 14.2 Å². The maximum Gasteiger partial charge on any atom is 0.262 e. The molecule has 3 rings (SSSR count). The van der Waals surface area contributed by atoms with Gasteiger partial charge in [-0.1, -0.05) is 54.2 Å². The van der Waals surface area contributed by atoms with Crippen LogP contribution in [0.5, 0.6) is 0 Å². The summed E-state index contributed by atoms with van der Waals surface area (Å²) in [6, 6.07) is 17.5. The van der Waals surface area contributed by atoms with Gasteiger partial charge in [-0.05, 0) is 24.1 Å². The number of amides is 1. The first-order chi connectivity index (χ1) is 14.5. The number of hydrogen-bond donors (Lipinski definition) is 2. The van der Waals surface area contributed by atoms with Gasteiger partial charge in [-0.25, -0.2) is 4.98 Å². The van der Waals surface area contributed by atoms with Crippen LogP contribution in [0.2, 0.25) is 0 Å². The number of hydrogen-bond acceptors (Lipinski definition) is 4. The molecular formula is C23H29N4O2S+. The van der Waals surface area contributed by atoms with Gasteiger partial charge in [-0.2, -0.15) is 0 Å². The van der Waals surface area contributed by atoms with Gasteiger partial charge in [0.1, 0.15) is 0 Å². The first kappa shape index (κ1) is 22.1. The lowest BCUT2D eigenvalue weighted by Crippen LogP contribution is -3.05. The van der Waals surface area contributed by atoms with Gasteiger partial charge in [0.15, 0.2) is 5.16 Å². The lowest BCUT2D eigenvalue weighted by Gasteiger charge is -2.14. The number of aromatic nitrogens is 2. The van der Waals surface area contributed by atoms with Crippen LogP contribution in [0.25, 0.3) is 10.9 Å². The number of rotatable bonds is 10. The molecule has 0 bridgehead atoms. The molecule has 30 heavy (non-hydrogen) atoms. The van der Waals surface area contributed by atoms with Crippen LogP contribution >= 0.6 is 11.8 Å². The largest absolute Gasteiger partial charge is 0.355 e. The summed E-state index contributed by atoms with van der Waals surface area (Å²) < 4.78 is 1.72. The molecule has 0 aliphatic rings. The summed E-state index contributed by atoms with van der Waals surface area (Å²) in [6.45, 7) is 2.15. The van der Waals surface area contributed by atoms with E-state index in [9.17, 15) is 9.59 Å². The van der Waals surface area contributed by atoms with Crippen LogP contribution in [0.15, 0.2) is 64.5 Å². The van der Waals surface area contributed by atoms with Gasteiger partial charge in [0, 0.05) is 19.5 Å². The van der Waals surface area contributed by atoms with E-state index in [0.717, 1.165) is 19.4 Å². The van der Waals surface area contributed by atoms with Crippen molar-refractivity contribution < 1.29 is 9.69 Å². The Hall–Kier alpha value is -2.64. The second kappa shape index (κ2) is 10.9. The highest BCUT2D eigenvalue weighted by atomic mass is 32.2. The molecule has 0 aliphatic heterocycles. The van der Waals surface area contributed by atoms with E-state index in [0.29, 0.717) is 29.1 Å². The number of benzene rings is 2. The van der Waals surface area contributed by atoms with Crippen molar-refractivity contribution in [3.05, 3.63) is 70.5 Å². The smallest absolute Gasteiger partial charge is 0.262 e. The Morgan fingerprint density at radius 1 is 1.10 bits per heavy atom. The molecule has 0 unspecified atom stereocenters. The van der Waals surface area contributed by atoms with E-state index in [-0.39, 0.29) is 17.2 Å². The second-order valence-electron chi connectivity index (χ2n) is 7.55. The van der Waals surface area contributed by atoms with E-state index < -0.39 is 0 Å². The number of fused-ring (bicyclic) bond motifs is 1. The number of para-hydroxylation sites is 1. The predicted molar refractivity (Wildman–Crippen MR) is 122 cm³/mol. The molecule has 3 aromatic rings. The zero-order chi connectivity index (χ0) is 21.3. The Morgan fingerprint density at radius 3 is 2.60 bits per heavy atom. The SMILES string of the molecule is C[NH+](C)CCCn1c(SCC(=O)NCCc2ccccc2)nc2ccccc2c1=O. The highest BCUT2D eigenvalue weighted by Crippen LogP contribution is 2.18. The highest BCUT2D eigenvalue weighted by molar-refractivity contribution is 7.99. The number of carbonyl (C=O) groups excluding carboxylic acids is 1. The molecule has 2 N–H and O–H groups in total. The molecule has 0 fully saturated rings. The predicted octanol–water partition coefficient (Wildman–Crippen LogP) is 1.38. The van der Waals surface area contributed by atoms with E-state index >= 15 is 0 Å². The standard InChI is InChI=1S/C23H28N4O2S/c1-26(2)15-8-16-27-22(29)19-11-6-7-12-20(19)25-23(27)30-17-21(28)24-14-13-18-9-4-3-5-10-18/h3-7,9-12H,8,13-17H2,1-2H3,(H,24,28)/p+1. The normalized spacial score (nSPS) is 11.2. The molecule has 0 saturated heterocycles. The molecule has 6 nitrogen and oxygen atoms in total. The van der Waals surface area contributed by atoms with Crippen molar-refractivity contribution in [2.24, 2.45) is 0 Å². The molecule has 1 heterocycles. The maximum atomic E-state index is 13.0. The van der Waals surface area contributed by atoms with Crippen molar-refractivity contribution in [3.8, 4) is 0 Å². The van der Waals surface area contributed by atoms with Crippen molar-refractivity contribution >= 4 is 28.6 Å². The fraction of sp³-hybridized carbons (Fsp3) is 0.348. The lowest BCUT2D eigenvalue weighted by atomic mass is 10.1. The van der Waals surface area contributed by atoms with E-state index in [4.69, 9.17) is 0 Å². The monoisotopic (exact) mass is 425 g/mol. The highest BCUT2D eigenvalue weighted by Gasteiger charge is 2.13. The summed E-state index contributed by atoms with van der Waals surface area (Å²) in [5, 5.41) is 4.17. The minimum absolute atomic E-state index is 0.0404.